The van der Waals surface area contributed by atoms with Gasteiger partial charge in [0.05, 0.1) is 6.61 Å². The molecule has 1 aromatic rings. The van der Waals surface area contributed by atoms with Crippen LogP contribution in [0.2, 0.25) is 0 Å². The molecule has 0 amide bonds. The van der Waals surface area contributed by atoms with E-state index in [1.54, 1.807) is 7.11 Å². The summed E-state index contributed by atoms with van der Waals surface area (Å²) in [5, 5.41) is 3.40. The van der Waals surface area contributed by atoms with Crippen LogP contribution in [0, 0.1) is 13.8 Å². The highest BCUT2D eigenvalue weighted by molar-refractivity contribution is 5.58. The van der Waals surface area contributed by atoms with E-state index in [1.807, 2.05) is 0 Å². The third-order valence-electron chi connectivity index (χ3n) is 3.30. The van der Waals surface area contributed by atoms with Crippen LogP contribution >= 0.6 is 0 Å². The third-order valence-corrected chi connectivity index (χ3v) is 3.30. The van der Waals surface area contributed by atoms with Crippen molar-refractivity contribution < 1.29 is 4.74 Å². The Bertz CT molecular complexity index is 396. The summed E-state index contributed by atoms with van der Waals surface area (Å²) in [5.74, 6) is 0. The van der Waals surface area contributed by atoms with Crippen LogP contribution in [0.3, 0.4) is 0 Å². The molecule has 1 N–H and O–H groups in total. The average Bonchev–Trinajstić information content (AvgIpc) is 2.38. The summed E-state index contributed by atoms with van der Waals surface area (Å²) < 4.78 is 5.03. The fraction of sp³-hybridized carbons (Fsp3) is 0.500. The van der Waals surface area contributed by atoms with Crippen molar-refractivity contribution >= 4 is 6.08 Å². The molecule has 0 radical (unpaired) electrons. The highest BCUT2D eigenvalue weighted by atomic mass is 16.5. The van der Waals surface area contributed by atoms with Crippen molar-refractivity contribution in [2.75, 3.05) is 26.8 Å². The molecule has 0 saturated carbocycles. The van der Waals surface area contributed by atoms with Crippen LogP contribution in [0.1, 0.15) is 30.0 Å². The van der Waals surface area contributed by atoms with Gasteiger partial charge in [-0.15, -0.1) is 0 Å². The number of methoxy groups -OCH3 is 1. The van der Waals surface area contributed by atoms with Crippen LogP contribution in [-0.2, 0) is 4.74 Å². The quantitative estimate of drug-likeness (QED) is 0.746. The Morgan fingerprint density at radius 2 is 2.11 bits per heavy atom. The monoisotopic (exact) mass is 247 g/mol. The zero-order chi connectivity index (χ0) is 13.4. The minimum absolute atomic E-state index is 0.764. The van der Waals surface area contributed by atoms with Crippen LogP contribution in [0.25, 0.3) is 6.08 Å². The van der Waals surface area contributed by atoms with E-state index in [1.165, 1.54) is 22.3 Å². The van der Waals surface area contributed by atoms with Crippen LogP contribution in [0.5, 0.6) is 0 Å². The van der Waals surface area contributed by atoms with E-state index in [9.17, 15) is 0 Å². The van der Waals surface area contributed by atoms with Crippen molar-refractivity contribution in [2.24, 2.45) is 0 Å². The number of aryl methyl sites for hydroxylation is 1. The van der Waals surface area contributed by atoms with E-state index in [0.717, 1.165) is 26.1 Å². The summed E-state index contributed by atoms with van der Waals surface area (Å²) in [4.78, 5) is 0. The summed E-state index contributed by atoms with van der Waals surface area (Å²) in [7, 11) is 1.73. The van der Waals surface area contributed by atoms with Crippen LogP contribution in [0.15, 0.2) is 23.8 Å². The Labute approximate surface area is 111 Å². The average molecular weight is 247 g/mol. The molecule has 18 heavy (non-hydrogen) atoms. The van der Waals surface area contributed by atoms with Gasteiger partial charge < -0.3 is 10.1 Å². The first-order valence-electron chi connectivity index (χ1n) is 6.64. The molecule has 2 nitrogen and oxygen atoms in total. The second-order valence-electron chi connectivity index (χ2n) is 4.61. The smallest absolute Gasteiger partial charge is 0.0587 e. The first kappa shape index (κ1) is 14.9. The predicted octanol–water partition coefficient (Wildman–Crippen LogP) is 3.33. The number of nitrogens with one attached hydrogen (secondary N) is 1. The van der Waals surface area contributed by atoms with Crippen molar-refractivity contribution in [3.05, 3.63) is 40.5 Å². The van der Waals surface area contributed by atoms with Crippen LogP contribution in [0.4, 0.5) is 0 Å². The minimum Gasteiger partial charge on any atom is -0.383 e. The van der Waals surface area contributed by atoms with E-state index in [4.69, 9.17) is 4.74 Å². The normalized spacial score (nSPS) is 11.9. The molecule has 1 aromatic carbocycles. The molecular formula is C16H25NO. The van der Waals surface area contributed by atoms with Gasteiger partial charge in [0.1, 0.15) is 0 Å². The first-order chi connectivity index (χ1) is 8.69. The van der Waals surface area contributed by atoms with Crippen molar-refractivity contribution in [1.82, 2.24) is 5.32 Å². The lowest BCUT2D eigenvalue weighted by molar-refractivity contribution is 0.200. The molecule has 0 heterocycles. The number of benzene rings is 1. The van der Waals surface area contributed by atoms with E-state index in [2.05, 4.69) is 50.4 Å². The highest BCUT2D eigenvalue weighted by Gasteiger charge is 2.00. The molecule has 0 fully saturated rings. The van der Waals surface area contributed by atoms with Crippen molar-refractivity contribution in [3.8, 4) is 0 Å². The molecule has 0 aromatic heterocycles. The van der Waals surface area contributed by atoms with Gasteiger partial charge in [-0.05, 0) is 37.0 Å². The molecular weight excluding hydrogens is 222 g/mol. The number of rotatable bonds is 7. The summed E-state index contributed by atoms with van der Waals surface area (Å²) in [6, 6.07) is 6.47. The first-order valence-corrected chi connectivity index (χ1v) is 6.64. The molecule has 0 spiro atoms. The maximum absolute atomic E-state index is 5.03. The molecule has 1 rings (SSSR count). The van der Waals surface area contributed by atoms with Gasteiger partial charge in [0.15, 0.2) is 0 Å². The lowest BCUT2D eigenvalue weighted by atomic mass is 10.0. The summed E-state index contributed by atoms with van der Waals surface area (Å²) in [6.45, 7) is 9.16. The standard InChI is InChI=1S/C16H25NO/c1-5-15(12-17-9-10-18-4)11-16-8-6-7-13(2)14(16)3/h6-8,11,17H,5,9-10,12H2,1-4H3. The summed E-state index contributed by atoms with van der Waals surface area (Å²) in [6.07, 6.45) is 3.38. The lowest BCUT2D eigenvalue weighted by Crippen LogP contribution is -2.21. The molecule has 0 atom stereocenters. The Balaban J connectivity index is 2.68. The molecule has 100 valence electrons. The zero-order valence-electron chi connectivity index (χ0n) is 12.0. The van der Waals surface area contributed by atoms with E-state index < -0.39 is 0 Å². The molecule has 0 saturated heterocycles. The lowest BCUT2D eigenvalue weighted by Gasteiger charge is -2.09. The largest absolute Gasteiger partial charge is 0.383 e. The Morgan fingerprint density at radius 1 is 1.33 bits per heavy atom. The zero-order valence-corrected chi connectivity index (χ0v) is 12.0. The maximum Gasteiger partial charge on any atom is 0.0587 e. The van der Waals surface area contributed by atoms with E-state index >= 15 is 0 Å². The SMILES string of the molecule is CCC(=Cc1cccc(C)c1C)CNCCOC. The van der Waals surface area contributed by atoms with Gasteiger partial charge in [-0.3, -0.25) is 0 Å². The van der Waals surface area contributed by atoms with Crippen molar-refractivity contribution in [2.45, 2.75) is 27.2 Å². The van der Waals surface area contributed by atoms with Gasteiger partial charge in [-0.2, -0.15) is 0 Å². The van der Waals surface area contributed by atoms with Crippen molar-refractivity contribution in [3.63, 3.8) is 0 Å². The number of hydrogen-bond acceptors (Lipinski definition) is 2. The summed E-state index contributed by atoms with van der Waals surface area (Å²) >= 11 is 0. The van der Waals surface area contributed by atoms with Crippen LogP contribution < -0.4 is 5.32 Å². The molecule has 0 aliphatic rings. The Kier molecular flexibility index (Phi) is 6.69. The molecule has 0 bridgehead atoms. The second kappa shape index (κ2) is 8.06. The molecule has 2 heteroatoms. The fourth-order valence-electron chi connectivity index (χ4n) is 1.85. The van der Waals surface area contributed by atoms with E-state index in [-0.39, 0.29) is 0 Å². The number of hydrogen-bond donors (Lipinski definition) is 1. The Morgan fingerprint density at radius 3 is 2.78 bits per heavy atom. The van der Waals surface area contributed by atoms with Gasteiger partial charge >= 0.3 is 0 Å². The van der Waals surface area contributed by atoms with Crippen molar-refractivity contribution in [1.29, 1.82) is 0 Å². The molecule has 0 aliphatic carbocycles. The van der Waals surface area contributed by atoms with E-state index in [0.29, 0.717) is 0 Å². The van der Waals surface area contributed by atoms with Crippen LogP contribution in [-0.4, -0.2) is 26.8 Å². The second-order valence-corrected chi connectivity index (χ2v) is 4.61. The predicted molar refractivity (Wildman–Crippen MR) is 78.9 cm³/mol. The van der Waals surface area contributed by atoms with Gasteiger partial charge in [-0.1, -0.05) is 36.8 Å². The highest BCUT2D eigenvalue weighted by Crippen LogP contribution is 2.16. The third kappa shape index (κ3) is 4.63. The minimum atomic E-state index is 0.764. The van der Waals surface area contributed by atoms with Gasteiger partial charge in [-0.25, -0.2) is 0 Å². The van der Waals surface area contributed by atoms with Gasteiger partial charge in [0.2, 0.25) is 0 Å². The summed E-state index contributed by atoms with van der Waals surface area (Å²) in [5.41, 5.74) is 5.49. The van der Waals surface area contributed by atoms with Gasteiger partial charge in [0.25, 0.3) is 0 Å². The molecule has 0 unspecified atom stereocenters. The Hall–Kier alpha value is -1.12. The topological polar surface area (TPSA) is 21.3 Å². The van der Waals surface area contributed by atoms with Gasteiger partial charge in [0, 0.05) is 20.2 Å². The fourth-order valence-corrected chi connectivity index (χ4v) is 1.85. The number of ether oxygens (including phenoxy) is 1. The maximum atomic E-state index is 5.03. The molecule has 0 aliphatic heterocycles.